The van der Waals surface area contributed by atoms with Crippen LogP contribution in [0.2, 0.25) is 0 Å². The van der Waals surface area contributed by atoms with Crippen LogP contribution in [0.5, 0.6) is 0 Å². The number of carbonyl (C=O) groups is 2. The third kappa shape index (κ3) is 4.64. The van der Waals surface area contributed by atoms with Crippen molar-refractivity contribution in [2.24, 2.45) is 0 Å². The van der Waals surface area contributed by atoms with Crippen molar-refractivity contribution in [2.45, 2.75) is 89.3 Å². The summed E-state index contributed by atoms with van der Waals surface area (Å²) in [6.45, 7) is 8.37. The Kier molecular flexibility index (Phi) is 6.46. The molecule has 1 fully saturated rings. The molecule has 6 heteroatoms. The van der Waals surface area contributed by atoms with Crippen LogP contribution >= 0.6 is 0 Å². The fraction of sp³-hybridized carbons (Fsp3) is 0.667. The van der Waals surface area contributed by atoms with E-state index in [1.807, 2.05) is 26.8 Å². The summed E-state index contributed by atoms with van der Waals surface area (Å²) in [5.74, 6) is 0.362. The number of fused-ring (bicyclic) bond motifs is 2. The monoisotopic (exact) mass is 416 g/mol. The van der Waals surface area contributed by atoms with Crippen LogP contribution in [0.3, 0.4) is 0 Å². The van der Waals surface area contributed by atoms with Crippen LogP contribution in [-0.2, 0) is 14.9 Å². The second-order valence-electron chi connectivity index (χ2n) is 9.87. The summed E-state index contributed by atoms with van der Waals surface area (Å²) in [6.07, 6.45) is 3.88. The average Bonchev–Trinajstić information content (AvgIpc) is 2.94. The number of aliphatic hydroxyl groups is 1. The van der Waals surface area contributed by atoms with Gasteiger partial charge < -0.3 is 20.1 Å². The van der Waals surface area contributed by atoms with E-state index in [2.05, 4.69) is 24.4 Å². The van der Waals surface area contributed by atoms with Crippen LogP contribution < -0.4 is 5.32 Å². The molecule has 166 valence electrons. The molecule has 0 radical (unpaired) electrons. The first-order valence-corrected chi connectivity index (χ1v) is 11.1. The van der Waals surface area contributed by atoms with E-state index in [0.29, 0.717) is 38.1 Å². The number of rotatable bonds is 5. The Hall–Kier alpha value is -2.08. The number of carbonyl (C=O) groups excluding carboxylic acids is 2. The van der Waals surface area contributed by atoms with Crippen molar-refractivity contribution in [3.05, 3.63) is 29.3 Å². The maximum atomic E-state index is 12.8. The van der Waals surface area contributed by atoms with Gasteiger partial charge in [-0.3, -0.25) is 4.79 Å². The van der Waals surface area contributed by atoms with Gasteiger partial charge in [-0.05, 0) is 82.4 Å². The molecular formula is C24H36N2O4. The standard InChI is InChI=1S/C24H36N2O4/c1-6-16(11-14-26(5)22(29)30-23(2,3)4)17-7-8-20-19(15-17)24(21(28)25-20)12-9-18(27)10-13-24/h7-8,15-16,18,27H,6,9-14H2,1-5H3,(H,25,28). The largest absolute Gasteiger partial charge is 0.444 e. The average molecular weight is 417 g/mol. The first-order chi connectivity index (χ1) is 14.1. The van der Waals surface area contributed by atoms with E-state index in [1.54, 1.807) is 11.9 Å². The molecule has 2 aliphatic rings. The number of amides is 2. The molecule has 30 heavy (non-hydrogen) atoms. The third-order valence-corrected chi connectivity index (χ3v) is 6.53. The molecule has 3 rings (SSSR count). The van der Waals surface area contributed by atoms with Gasteiger partial charge in [0.05, 0.1) is 11.5 Å². The van der Waals surface area contributed by atoms with Crippen molar-refractivity contribution in [1.29, 1.82) is 0 Å². The summed E-state index contributed by atoms with van der Waals surface area (Å²) in [5, 5.41) is 13.0. The first-order valence-electron chi connectivity index (χ1n) is 11.1. The molecule has 1 unspecified atom stereocenters. The third-order valence-electron chi connectivity index (χ3n) is 6.53. The Balaban J connectivity index is 1.74. The van der Waals surface area contributed by atoms with E-state index < -0.39 is 11.0 Å². The number of hydrogen-bond acceptors (Lipinski definition) is 4. The van der Waals surface area contributed by atoms with Crippen molar-refractivity contribution in [3.8, 4) is 0 Å². The van der Waals surface area contributed by atoms with Gasteiger partial charge in [-0.15, -0.1) is 0 Å². The molecule has 1 atom stereocenters. The Labute approximate surface area is 180 Å². The molecule has 1 saturated carbocycles. The predicted molar refractivity (Wildman–Crippen MR) is 118 cm³/mol. The smallest absolute Gasteiger partial charge is 0.410 e. The first kappa shape index (κ1) is 22.6. The number of aliphatic hydroxyl groups excluding tert-OH is 1. The fourth-order valence-electron chi connectivity index (χ4n) is 4.66. The van der Waals surface area contributed by atoms with Crippen LogP contribution in [0.15, 0.2) is 18.2 Å². The van der Waals surface area contributed by atoms with E-state index in [-0.39, 0.29) is 18.1 Å². The maximum Gasteiger partial charge on any atom is 0.410 e. The second-order valence-corrected chi connectivity index (χ2v) is 9.87. The molecule has 1 aliphatic heterocycles. The quantitative estimate of drug-likeness (QED) is 0.737. The van der Waals surface area contributed by atoms with Crippen molar-refractivity contribution < 1.29 is 19.4 Å². The van der Waals surface area contributed by atoms with E-state index in [1.165, 1.54) is 5.56 Å². The minimum Gasteiger partial charge on any atom is -0.444 e. The zero-order valence-electron chi connectivity index (χ0n) is 19.0. The Morgan fingerprint density at radius 1 is 1.33 bits per heavy atom. The Morgan fingerprint density at radius 2 is 2.00 bits per heavy atom. The summed E-state index contributed by atoms with van der Waals surface area (Å²) in [6, 6.07) is 6.30. The van der Waals surface area contributed by atoms with Crippen LogP contribution in [-0.4, -0.2) is 47.3 Å². The highest BCUT2D eigenvalue weighted by Gasteiger charge is 2.48. The van der Waals surface area contributed by atoms with E-state index >= 15 is 0 Å². The number of ether oxygens (including phenoxy) is 1. The highest BCUT2D eigenvalue weighted by molar-refractivity contribution is 6.06. The van der Waals surface area contributed by atoms with Gasteiger partial charge in [0.25, 0.3) is 0 Å². The van der Waals surface area contributed by atoms with Gasteiger partial charge in [-0.25, -0.2) is 4.79 Å². The van der Waals surface area contributed by atoms with Gasteiger partial charge in [0, 0.05) is 19.3 Å². The number of benzene rings is 1. The molecule has 1 heterocycles. The lowest BCUT2D eigenvalue weighted by Gasteiger charge is -2.34. The van der Waals surface area contributed by atoms with Crippen molar-refractivity contribution >= 4 is 17.7 Å². The van der Waals surface area contributed by atoms with Gasteiger partial charge >= 0.3 is 6.09 Å². The topological polar surface area (TPSA) is 78.9 Å². The second kappa shape index (κ2) is 8.58. The molecule has 0 aromatic heterocycles. The van der Waals surface area contributed by atoms with Gasteiger partial charge in [0.15, 0.2) is 0 Å². The summed E-state index contributed by atoms with van der Waals surface area (Å²) >= 11 is 0. The van der Waals surface area contributed by atoms with Gasteiger partial charge in [0.1, 0.15) is 5.60 Å². The van der Waals surface area contributed by atoms with Crippen LogP contribution in [0, 0.1) is 0 Å². The zero-order valence-corrected chi connectivity index (χ0v) is 19.0. The Bertz CT molecular complexity index is 791. The fourth-order valence-corrected chi connectivity index (χ4v) is 4.66. The summed E-state index contributed by atoms with van der Waals surface area (Å²) in [7, 11) is 1.77. The molecule has 2 N–H and O–H groups in total. The molecule has 0 bridgehead atoms. The highest BCUT2D eigenvalue weighted by atomic mass is 16.6. The number of anilines is 1. The molecular weight excluding hydrogens is 380 g/mol. The van der Waals surface area contributed by atoms with Crippen molar-refractivity contribution in [2.75, 3.05) is 18.9 Å². The van der Waals surface area contributed by atoms with Crippen LogP contribution in [0.1, 0.15) is 83.3 Å². The molecule has 1 aromatic rings. The Morgan fingerprint density at radius 3 is 2.60 bits per heavy atom. The molecule has 1 aromatic carbocycles. The SMILES string of the molecule is CCC(CCN(C)C(=O)OC(C)(C)C)c1ccc2c(c1)C1(CCC(O)CC1)C(=O)N2. The maximum absolute atomic E-state index is 12.8. The minimum absolute atomic E-state index is 0.0688. The summed E-state index contributed by atoms with van der Waals surface area (Å²) < 4.78 is 5.45. The number of hydrogen-bond donors (Lipinski definition) is 2. The summed E-state index contributed by atoms with van der Waals surface area (Å²) in [4.78, 5) is 26.7. The highest BCUT2D eigenvalue weighted by Crippen LogP contribution is 2.48. The molecule has 6 nitrogen and oxygen atoms in total. The van der Waals surface area contributed by atoms with Crippen molar-refractivity contribution in [1.82, 2.24) is 4.90 Å². The molecule has 2 amide bonds. The normalized spacial score (nSPS) is 24.3. The predicted octanol–water partition coefficient (Wildman–Crippen LogP) is 4.56. The number of nitrogens with one attached hydrogen (secondary N) is 1. The minimum atomic E-state index is -0.504. The lowest BCUT2D eigenvalue weighted by Crippen LogP contribution is -2.39. The van der Waals surface area contributed by atoms with Crippen LogP contribution in [0.4, 0.5) is 10.5 Å². The van der Waals surface area contributed by atoms with Crippen LogP contribution in [0.25, 0.3) is 0 Å². The summed E-state index contributed by atoms with van der Waals surface area (Å²) in [5.41, 5.74) is 2.18. The lowest BCUT2D eigenvalue weighted by molar-refractivity contribution is -0.122. The van der Waals surface area contributed by atoms with E-state index in [9.17, 15) is 14.7 Å². The van der Waals surface area contributed by atoms with Gasteiger partial charge in [-0.1, -0.05) is 19.1 Å². The molecule has 0 saturated heterocycles. The lowest BCUT2D eigenvalue weighted by atomic mass is 9.69. The number of nitrogens with zero attached hydrogens (tertiary/aromatic N) is 1. The van der Waals surface area contributed by atoms with E-state index in [0.717, 1.165) is 24.1 Å². The molecule has 1 spiro atoms. The van der Waals surface area contributed by atoms with E-state index in [4.69, 9.17) is 4.74 Å². The zero-order chi connectivity index (χ0) is 22.1. The van der Waals surface area contributed by atoms with Crippen molar-refractivity contribution in [3.63, 3.8) is 0 Å². The van der Waals surface area contributed by atoms with Gasteiger partial charge in [-0.2, -0.15) is 0 Å². The van der Waals surface area contributed by atoms with Gasteiger partial charge in [0.2, 0.25) is 5.91 Å². The molecule has 1 aliphatic carbocycles.